The van der Waals surface area contributed by atoms with Crippen molar-refractivity contribution in [3.8, 4) is 0 Å². The van der Waals surface area contributed by atoms with Crippen molar-refractivity contribution in [1.29, 1.82) is 0 Å². The Bertz CT molecular complexity index is 802. The molecule has 1 aromatic carbocycles. The van der Waals surface area contributed by atoms with Crippen LogP contribution in [-0.4, -0.2) is 30.0 Å². The molecule has 0 saturated carbocycles. The van der Waals surface area contributed by atoms with Crippen LogP contribution in [0, 0.1) is 13.8 Å². The van der Waals surface area contributed by atoms with Crippen molar-refractivity contribution in [3.63, 3.8) is 0 Å². The zero-order valence-electron chi connectivity index (χ0n) is 14.6. The van der Waals surface area contributed by atoms with Crippen molar-refractivity contribution in [1.82, 2.24) is 15.6 Å². The molecule has 1 aliphatic rings. The van der Waals surface area contributed by atoms with Gasteiger partial charge in [0, 0.05) is 18.5 Å². The largest absolute Gasteiger partial charge is 0.349 e. The second-order valence-electron chi connectivity index (χ2n) is 6.33. The SMILES string of the molecule is Cc1ccc(C)c(C(C)NC(=O)Cc2csc(N3CCNC3=O)n2)c1. The van der Waals surface area contributed by atoms with Crippen molar-refractivity contribution in [3.05, 3.63) is 46.0 Å². The maximum absolute atomic E-state index is 12.3. The van der Waals surface area contributed by atoms with E-state index in [-0.39, 0.29) is 24.4 Å². The second kappa shape index (κ2) is 7.23. The first kappa shape index (κ1) is 17.4. The molecule has 3 amide bonds. The quantitative estimate of drug-likeness (QED) is 0.863. The van der Waals surface area contributed by atoms with Crippen LogP contribution in [0.15, 0.2) is 23.6 Å². The predicted octanol–water partition coefficient (Wildman–Crippen LogP) is 2.71. The summed E-state index contributed by atoms with van der Waals surface area (Å²) in [5, 5.41) is 8.26. The molecule has 1 aromatic heterocycles. The van der Waals surface area contributed by atoms with Crippen LogP contribution in [0.3, 0.4) is 0 Å². The first-order chi connectivity index (χ1) is 11.9. The van der Waals surface area contributed by atoms with Gasteiger partial charge in [0.1, 0.15) is 0 Å². The van der Waals surface area contributed by atoms with Gasteiger partial charge in [-0.2, -0.15) is 0 Å². The molecule has 1 aliphatic heterocycles. The maximum Gasteiger partial charge on any atom is 0.323 e. The van der Waals surface area contributed by atoms with Crippen LogP contribution < -0.4 is 15.5 Å². The number of thiazole rings is 1. The van der Waals surface area contributed by atoms with Crippen LogP contribution in [0.25, 0.3) is 0 Å². The highest BCUT2D eigenvalue weighted by Crippen LogP contribution is 2.23. The Balaban J connectivity index is 1.62. The number of nitrogens with zero attached hydrogens (tertiary/aromatic N) is 2. The zero-order valence-corrected chi connectivity index (χ0v) is 15.4. The van der Waals surface area contributed by atoms with Crippen LogP contribution in [0.2, 0.25) is 0 Å². The Kier molecular flexibility index (Phi) is 5.03. The average Bonchev–Trinajstić information content (AvgIpc) is 3.18. The lowest BCUT2D eigenvalue weighted by Gasteiger charge is -2.17. The van der Waals surface area contributed by atoms with Gasteiger partial charge >= 0.3 is 6.03 Å². The van der Waals surface area contributed by atoms with E-state index in [4.69, 9.17) is 0 Å². The van der Waals surface area contributed by atoms with E-state index in [1.54, 1.807) is 4.90 Å². The van der Waals surface area contributed by atoms with Gasteiger partial charge in [-0.3, -0.25) is 9.69 Å². The van der Waals surface area contributed by atoms with E-state index >= 15 is 0 Å². The average molecular weight is 358 g/mol. The summed E-state index contributed by atoms with van der Waals surface area (Å²) in [6.45, 7) is 7.32. The monoisotopic (exact) mass is 358 g/mol. The molecule has 1 fully saturated rings. The molecule has 0 radical (unpaired) electrons. The Morgan fingerprint density at radius 3 is 2.96 bits per heavy atom. The zero-order chi connectivity index (χ0) is 18.0. The van der Waals surface area contributed by atoms with Gasteiger partial charge in [-0.05, 0) is 31.9 Å². The third-order valence-electron chi connectivity index (χ3n) is 4.25. The van der Waals surface area contributed by atoms with Gasteiger partial charge in [0.15, 0.2) is 5.13 Å². The lowest BCUT2D eigenvalue weighted by Crippen LogP contribution is -2.29. The molecule has 1 saturated heterocycles. The number of hydrogen-bond donors (Lipinski definition) is 2. The molecule has 2 N–H and O–H groups in total. The van der Waals surface area contributed by atoms with Crippen molar-refractivity contribution in [2.75, 3.05) is 18.0 Å². The van der Waals surface area contributed by atoms with Gasteiger partial charge in [0.2, 0.25) is 5.91 Å². The summed E-state index contributed by atoms with van der Waals surface area (Å²) in [6.07, 6.45) is 0.209. The van der Waals surface area contributed by atoms with Gasteiger partial charge in [0.05, 0.1) is 18.2 Å². The fourth-order valence-electron chi connectivity index (χ4n) is 2.92. The topological polar surface area (TPSA) is 74.3 Å². The van der Waals surface area contributed by atoms with Crippen molar-refractivity contribution in [2.45, 2.75) is 33.2 Å². The van der Waals surface area contributed by atoms with E-state index in [9.17, 15) is 9.59 Å². The lowest BCUT2D eigenvalue weighted by atomic mass is 10.00. The Labute approximate surface area is 151 Å². The Morgan fingerprint density at radius 2 is 2.24 bits per heavy atom. The third-order valence-corrected chi connectivity index (χ3v) is 5.16. The number of urea groups is 1. The highest BCUT2D eigenvalue weighted by Gasteiger charge is 2.24. The summed E-state index contributed by atoms with van der Waals surface area (Å²) in [5.74, 6) is -0.0730. The van der Waals surface area contributed by atoms with Gasteiger partial charge in [0.25, 0.3) is 0 Å². The van der Waals surface area contributed by atoms with Crippen LogP contribution in [0.4, 0.5) is 9.93 Å². The smallest absolute Gasteiger partial charge is 0.323 e. The molecule has 25 heavy (non-hydrogen) atoms. The van der Waals surface area contributed by atoms with Crippen molar-refractivity contribution >= 4 is 28.4 Å². The number of carbonyl (C=O) groups is 2. The Hall–Kier alpha value is -2.41. The molecular formula is C18H22N4O2S. The van der Waals surface area contributed by atoms with Gasteiger partial charge in [-0.15, -0.1) is 11.3 Å². The summed E-state index contributed by atoms with van der Waals surface area (Å²) < 4.78 is 0. The first-order valence-corrected chi connectivity index (χ1v) is 9.18. The van der Waals surface area contributed by atoms with Gasteiger partial charge in [-0.25, -0.2) is 9.78 Å². The predicted molar refractivity (Wildman–Crippen MR) is 99.0 cm³/mol. The molecule has 6 nitrogen and oxygen atoms in total. The molecule has 1 atom stereocenters. The van der Waals surface area contributed by atoms with Crippen LogP contribution in [0.1, 0.15) is 35.3 Å². The molecule has 1 unspecified atom stereocenters. The molecule has 2 heterocycles. The van der Waals surface area contributed by atoms with Crippen LogP contribution in [-0.2, 0) is 11.2 Å². The fraction of sp³-hybridized carbons (Fsp3) is 0.389. The standard InChI is InChI=1S/C18H22N4O2S/c1-11-4-5-12(2)15(8-11)13(3)20-16(23)9-14-10-25-18(21-14)22-7-6-19-17(22)24/h4-5,8,10,13H,6-7,9H2,1-3H3,(H,19,24)(H,20,23). The van der Waals surface area contributed by atoms with E-state index in [0.29, 0.717) is 23.9 Å². The number of aromatic nitrogens is 1. The highest BCUT2D eigenvalue weighted by molar-refractivity contribution is 7.14. The van der Waals surface area contributed by atoms with Gasteiger partial charge < -0.3 is 10.6 Å². The number of benzene rings is 1. The first-order valence-electron chi connectivity index (χ1n) is 8.30. The number of hydrogen-bond acceptors (Lipinski definition) is 4. The highest BCUT2D eigenvalue weighted by atomic mass is 32.1. The minimum absolute atomic E-state index is 0.0603. The number of amides is 3. The van der Waals surface area contributed by atoms with E-state index in [1.807, 2.05) is 26.2 Å². The molecule has 132 valence electrons. The number of nitrogens with one attached hydrogen (secondary N) is 2. The molecule has 0 aliphatic carbocycles. The van der Waals surface area contributed by atoms with E-state index in [1.165, 1.54) is 16.9 Å². The number of anilines is 1. The minimum Gasteiger partial charge on any atom is -0.349 e. The summed E-state index contributed by atoms with van der Waals surface area (Å²) in [5.41, 5.74) is 4.15. The lowest BCUT2D eigenvalue weighted by molar-refractivity contribution is -0.121. The summed E-state index contributed by atoms with van der Waals surface area (Å²) >= 11 is 1.39. The number of aryl methyl sites for hydroxylation is 2. The van der Waals surface area contributed by atoms with Crippen molar-refractivity contribution in [2.24, 2.45) is 0 Å². The molecular weight excluding hydrogens is 336 g/mol. The normalized spacial score (nSPS) is 15.2. The van der Waals surface area contributed by atoms with E-state index in [0.717, 1.165) is 11.1 Å². The Morgan fingerprint density at radius 1 is 1.44 bits per heavy atom. The summed E-state index contributed by atoms with van der Waals surface area (Å²) in [6, 6.07) is 6.05. The van der Waals surface area contributed by atoms with Gasteiger partial charge in [-0.1, -0.05) is 23.8 Å². The molecule has 3 rings (SSSR count). The third kappa shape index (κ3) is 3.99. The molecule has 0 bridgehead atoms. The second-order valence-corrected chi connectivity index (χ2v) is 7.17. The summed E-state index contributed by atoms with van der Waals surface area (Å²) in [7, 11) is 0. The van der Waals surface area contributed by atoms with Crippen molar-refractivity contribution < 1.29 is 9.59 Å². The van der Waals surface area contributed by atoms with Crippen LogP contribution in [0.5, 0.6) is 0 Å². The molecule has 2 aromatic rings. The molecule has 0 spiro atoms. The minimum atomic E-state index is -0.131. The number of rotatable bonds is 5. The van der Waals surface area contributed by atoms with E-state index in [2.05, 4.69) is 33.8 Å². The molecule has 7 heteroatoms. The number of carbonyl (C=O) groups excluding carboxylic acids is 2. The maximum atomic E-state index is 12.3. The summed E-state index contributed by atoms with van der Waals surface area (Å²) in [4.78, 5) is 30.0. The van der Waals surface area contributed by atoms with Crippen LogP contribution >= 0.6 is 11.3 Å². The van der Waals surface area contributed by atoms with E-state index < -0.39 is 0 Å². The fourth-order valence-corrected chi connectivity index (χ4v) is 3.77.